The number of anilines is 2. The fourth-order valence-corrected chi connectivity index (χ4v) is 3.78. The smallest absolute Gasteiger partial charge is 0.290 e. The van der Waals surface area contributed by atoms with E-state index >= 15 is 0 Å². The second-order valence-corrected chi connectivity index (χ2v) is 7.17. The van der Waals surface area contributed by atoms with E-state index in [0.29, 0.717) is 12.2 Å². The molecule has 4 rings (SSSR count). The van der Waals surface area contributed by atoms with E-state index < -0.39 is 5.92 Å². The molecule has 1 N–H and O–H groups in total. The van der Waals surface area contributed by atoms with Crippen LogP contribution in [0.15, 0.2) is 65.5 Å². The first-order valence-electron chi connectivity index (χ1n) is 9.47. The van der Waals surface area contributed by atoms with Crippen LogP contribution >= 0.6 is 0 Å². The summed E-state index contributed by atoms with van der Waals surface area (Å²) in [6.45, 7) is 2.09. The van der Waals surface area contributed by atoms with Gasteiger partial charge in [-0.25, -0.2) is 4.68 Å². The van der Waals surface area contributed by atoms with Gasteiger partial charge in [0.25, 0.3) is 5.56 Å². The summed E-state index contributed by atoms with van der Waals surface area (Å²) in [6, 6.07) is 18.8. The number of nitrogens with zero attached hydrogens (tertiary/aromatic N) is 3. The number of rotatable bonds is 4. The van der Waals surface area contributed by atoms with E-state index in [9.17, 15) is 14.4 Å². The minimum atomic E-state index is -0.508. The van der Waals surface area contributed by atoms with E-state index in [4.69, 9.17) is 0 Å². The summed E-state index contributed by atoms with van der Waals surface area (Å²) >= 11 is 0. The molecule has 0 radical (unpaired) electrons. The van der Waals surface area contributed by atoms with Crippen molar-refractivity contribution in [1.82, 2.24) is 9.36 Å². The van der Waals surface area contributed by atoms with Gasteiger partial charge in [-0.1, -0.05) is 36.4 Å². The molecule has 2 heterocycles. The number of hydrogen-bond donors (Lipinski definition) is 1. The molecular weight excluding hydrogens is 368 g/mol. The average Bonchev–Trinajstić information content (AvgIpc) is 3.23. The Hall–Kier alpha value is -3.61. The third-order valence-corrected chi connectivity index (χ3v) is 5.30. The van der Waals surface area contributed by atoms with Crippen LogP contribution in [-0.2, 0) is 16.6 Å². The maximum atomic E-state index is 12.9. The van der Waals surface area contributed by atoms with E-state index in [1.165, 1.54) is 4.68 Å². The van der Waals surface area contributed by atoms with Gasteiger partial charge in [0.05, 0.1) is 17.3 Å². The Morgan fingerprint density at radius 3 is 2.17 bits per heavy atom. The lowest BCUT2D eigenvalue weighted by atomic mass is 10.1. The molecule has 148 valence electrons. The maximum absolute atomic E-state index is 12.9. The van der Waals surface area contributed by atoms with Crippen molar-refractivity contribution in [3.8, 4) is 5.69 Å². The van der Waals surface area contributed by atoms with Crippen LogP contribution in [0.2, 0.25) is 0 Å². The highest BCUT2D eigenvalue weighted by atomic mass is 16.2. The topological polar surface area (TPSA) is 76.3 Å². The van der Waals surface area contributed by atoms with Crippen LogP contribution < -0.4 is 15.8 Å². The molecule has 0 saturated carbocycles. The van der Waals surface area contributed by atoms with Gasteiger partial charge in [-0.3, -0.25) is 19.1 Å². The van der Waals surface area contributed by atoms with Crippen LogP contribution in [0.3, 0.4) is 0 Å². The third-order valence-electron chi connectivity index (χ3n) is 5.30. The number of benzene rings is 2. The Bertz CT molecular complexity index is 1120. The fraction of sp³-hybridized carbons (Fsp3) is 0.227. The Kier molecular flexibility index (Phi) is 4.80. The van der Waals surface area contributed by atoms with Gasteiger partial charge in [0.2, 0.25) is 11.8 Å². The number of amides is 2. The van der Waals surface area contributed by atoms with Gasteiger partial charge in [-0.15, -0.1) is 0 Å². The first-order chi connectivity index (χ1) is 14.0. The Balaban J connectivity index is 1.57. The first-order valence-corrected chi connectivity index (χ1v) is 9.47. The lowest BCUT2D eigenvalue weighted by Gasteiger charge is -2.16. The summed E-state index contributed by atoms with van der Waals surface area (Å²) in [5, 5.41) is 2.77. The molecule has 0 spiro atoms. The van der Waals surface area contributed by atoms with E-state index in [-0.39, 0.29) is 29.5 Å². The van der Waals surface area contributed by atoms with Crippen molar-refractivity contribution in [3.05, 3.63) is 76.7 Å². The van der Waals surface area contributed by atoms with Crippen LogP contribution in [0, 0.1) is 12.8 Å². The van der Waals surface area contributed by atoms with Gasteiger partial charge in [0, 0.05) is 25.7 Å². The van der Waals surface area contributed by atoms with Gasteiger partial charge >= 0.3 is 0 Å². The van der Waals surface area contributed by atoms with Crippen molar-refractivity contribution < 1.29 is 9.59 Å². The van der Waals surface area contributed by atoms with E-state index in [1.54, 1.807) is 23.6 Å². The van der Waals surface area contributed by atoms with Crippen molar-refractivity contribution >= 4 is 23.2 Å². The van der Waals surface area contributed by atoms with Crippen LogP contribution in [0.5, 0.6) is 0 Å². The quantitative estimate of drug-likeness (QED) is 0.744. The van der Waals surface area contributed by atoms with Crippen LogP contribution in [0.1, 0.15) is 12.1 Å². The molecule has 3 aromatic rings. The van der Waals surface area contributed by atoms with Crippen molar-refractivity contribution in [1.29, 1.82) is 0 Å². The molecule has 1 aliphatic rings. The summed E-state index contributed by atoms with van der Waals surface area (Å²) in [5.74, 6) is -0.919. The minimum absolute atomic E-state index is 0.0946. The minimum Gasteiger partial charge on any atom is -0.320 e. The Morgan fingerprint density at radius 1 is 0.966 bits per heavy atom. The molecular formula is C22H22N4O3. The first kappa shape index (κ1) is 18.7. The lowest BCUT2D eigenvalue weighted by Crippen LogP contribution is -2.29. The van der Waals surface area contributed by atoms with E-state index in [1.807, 2.05) is 60.7 Å². The van der Waals surface area contributed by atoms with Crippen LogP contribution in [0.25, 0.3) is 5.69 Å². The second kappa shape index (κ2) is 7.43. The van der Waals surface area contributed by atoms with Gasteiger partial charge in [0.1, 0.15) is 5.69 Å². The summed E-state index contributed by atoms with van der Waals surface area (Å²) < 4.78 is 3.23. The summed E-state index contributed by atoms with van der Waals surface area (Å²) in [4.78, 5) is 39.6. The van der Waals surface area contributed by atoms with Crippen molar-refractivity contribution in [2.45, 2.75) is 13.3 Å². The normalized spacial score (nSPS) is 16.3. The highest BCUT2D eigenvalue weighted by Crippen LogP contribution is 2.26. The van der Waals surface area contributed by atoms with Crippen molar-refractivity contribution in [2.24, 2.45) is 13.0 Å². The standard InChI is InChI=1S/C22H22N4O3/c1-15-20(22(29)24(2)26(15)18-11-7-4-8-12-18)23-21(28)16-13-19(27)25(14-16)17-9-5-3-6-10-17/h3-12,16H,13-14H2,1-2H3,(H,23,28)/t16-/m0/s1. The zero-order valence-corrected chi connectivity index (χ0v) is 16.3. The van der Waals surface area contributed by atoms with E-state index in [0.717, 1.165) is 11.4 Å². The Labute approximate surface area is 168 Å². The third kappa shape index (κ3) is 3.35. The molecule has 1 atom stereocenters. The van der Waals surface area contributed by atoms with E-state index in [2.05, 4.69) is 5.32 Å². The Morgan fingerprint density at radius 2 is 1.55 bits per heavy atom. The molecule has 29 heavy (non-hydrogen) atoms. The fourth-order valence-electron chi connectivity index (χ4n) is 3.78. The lowest BCUT2D eigenvalue weighted by molar-refractivity contribution is -0.122. The monoisotopic (exact) mass is 390 g/mol. The molecule has 1 aliphatic heterocycles. The molecule has 2 aromatic carbocycles. The molecule has 2 amide bonds. The van der Waals surface area contributed by atoms with Gasteiger partial charge in [0.15, 0.2) is 0 Å². The molecule has 7 nitrogen and oxygen atoms in total. The second-order valence-electron chi connectivity index (χ2n) is 7.17. The van der Waals surface area contributed by atoms with Crippen LogP contribution in [0.4, 0.5) is 11.4 Å². The predicted molar refractivity (Wildman–Crippen MR) is 111 cm³/mol. The number of carbonyl (C=O) groups excluding carboxylic acids is 2. The molecule has 1 saturated heterocycles. The van der Waals surface area contributed by atoms with Gasteiger partial charge in [-0.2, -0.15) is 0 Å². The number of hydrogen-bond acceptors (Lipinski definition) is 3. The summed E-state index contributed by atoms with van der Waals surface area (Å²) in [5.41, 5.74) is 2.20. The number of para-hydroxylation sites is 2. The summed E-state index contributed by atoms with van der Waals surface area (Å²) in [7, 11) is 1.66. The zero-order chi connectivity index (χ0) is 20.5. The highest BCUT2D eigenvalue weighted by Gasteiger charge is 2.35. The average molecular weight is 390 g/mol. The van der Waals surface area contributed by atoms with Gasteiger partial charge in [-0.05, 0) is 31.2 Å². The molecule has 1 aromatic heterocycles. The number of nitrogens with one attached hydrogen (secondary N) is 1. The van der Waals surface area contributed by atoms with Crippen molar-refractivity contribution in [2.75, 3.05) is 16.8 Å². The maximum Gasteiger partial charge on any atom is 0.290 e. The van der Waals surface area contributed by atoms with Gasteiger partial charge < -0.3 is 10.2 Å². The number of aromatic nitrogens is 2. The molecule has 0 unspecified atom stereocenters. The summed E-state index contributed by atoms with van der Waals surface area (Å²) in [6.07, 6.45) is 0.124. The highest BCUT2D eigenvalue weighted by molar-refractivity contribution is 6.03. The van der Waals surface area contributed by atoms with Crippen LogP contribution in [-0.4, -0.2) is 27.7 Å². The molecule has 7 heteroatoms. The molecule has 1 fully saturated rings. The zero-order valence-electron chi connectivity index (χ0n) is 16.3. The molecule has 0 bridgehead atoms. The largest absolute Gasteiger partial charge is 0.320 e. The predicted octanol–water partition coefficient (Wildman–Crippen LogP) is 2.48. The molecule has 0 aliphatic carbocycles. The van der Waals surface area contributed by atoms with Crippen molar-refractivity contribution in [3.63, 3.8) is 0 Å². The SMILES string of the molecule is Cc1c(NC(=O)[C@H]2CC(=O)N(c3ccccc3)C2)c(=O)n(C)n1-c1ccccc1. The number of carbonyl (C=O) groups is 2.